The Morgan fingerprint density at radius 3 is 2.38 bits per heavy atom. The third kappa shape index (κ3) is 1.89. The fourth-order valence-corrected chi connectivity index (χ4v) is 2.49. The number of rotatable bonds is 1. The molecule has 1 saturated carbocycles. The fourth-order valence-electron chi connectivity index (χ4n) is 2.13. The Morgan fingerprint density at radius 2 is 1.94 bits per heavy atom. The number of nitrogens with zero attached hydrogens (tertiary/aromatic N) is 1. The molecular formula is C14H16BrN. The van der Waals surface area contributed by atoms with Crippen LogP contribution in [0.2, 0.25) is 0 Å². The molecule has 1 fully saturated rings. The van der Waals surface area contributed by atoms with Crippen LogP contribution in [0, 0.1) is 11.3 Å². The summed E-state index contributed by atoms with van der Waals surface area (Å²) in [6, 6.07) is 8.83. The van der Waals surface area contributed by atoms with Crippen LogP contribution in [-0.2, 0) is 10.8 Å². The molecule has 0 radical (unpaired) electrons. The van der Waals surface area contributed by atoms with E-state index in [1.54, 1.807) is 0 Å². The first-order valence-electron chi connectivity index (χ1n) is 5.61. The van der Waals surface area contributed by atoms with Gasteiger partial charge in [-0.15, -0.1) is 0 Å². The van der Waals surface area contributed by atoms with E-state index in [1.807, 2.05) is 0 Å². The van der Waals surface area contributed by atoms with Crippen molar-refractivity contribution in [1.29, 1.82) is 5.26 Å². The fraction of sp³-hybridized carbons (Fsp3) is 0.500. The largest absolute Gasteiger partial charge is 0.197 e. The summed E-state index contributed by atoms with van der Waals surface area (Å²) in [5.41, 5.74) is 2.42. The van der Waals surface area contributed by atoms with Crippen molar-refractivity contribution in [2.24, 2.45) is 0 Å². The summed E-state index contributed by atoms with van der Waals surface area (Å²) in [5, 5.41) is 9.33. The highest BCUT2D eigenvalue weighted by Crippen LogP contribution is 2.51. The Kier molecular flexibility index (Phi) is 2.62. The van der Waals surface area contributed by atoms with Gasteiger partial charge in [0.25, 0.3) is 0 Å². The third-order valence-electron chi connectivity index (χ3n) is 3.27. The summed E-state index contributed by atoms with van der Waals surface area (Å²) in [6.45, 7) is 6.60. The lowest BCUT2D eigenvalue weighted by Crippen LogP contribution is -2.18. The van der Waals surface area contributed by atoms with Gasteiger partial charge < -0.3 is 0 Å². The molecule has 0 unspecified atom stereocenters. The second-order valence-corrected chi connectivity index (χ2v) is 6.55. The minimum Gasteiger partial charge on any atom is -0.197 e. The average molecular weight is 278 g/mol. The molecule has 0 aliphatic heterocycles. The van der Waals surface area contributed by atoms with Crippen LogP contribution in [0.1, 0.15) is 44.7 Å². The standard InChI is InChI=1S/C14H16BrN/c1-13(2,3)11-5-4-10(15)8-12(11)14(9-16)6-7-14/h4-5,8H,6-7H2,1-3H3. The van der Waals surface area contributed by atoms with Gasteiger partial charge in [0.05, 0.1) is 11.5 Å². The SMILES string of the molecule is CC(C)(C)c1ccc(Br)cc1C1(C#N)CC1. The molecule has 84 valence electrons. The Bertz CT molecular complexity index is 459. The maximum Gasteiger partial charge on any atom is 0.0827 e. The summed E-state index contributed by atoms with van der Waals surface area (Å²) in [7, 11) is 0. The smallest absolute Gasteiger partial charge is 0.0827 e. The van der Waals surface area contributed by atoms with Gasteiger partial charge in [-0.2, -0.15) is 5.26 Å². The van der Waals surface area contributed by atoms with Gasteiger partial charge in [0.1, 0.15) is 0 Å². The number of benzene rings is 1. The average Bonchev–Trinajstić information content (AvgIpc) is 2.96. The quantitative estimate of drug-likeness (QED) is 0.751. The zero-order valence-corrected chi connectivity index (χ0v) is 11.6. The summed E-state index contributed by atoms with van der Waals surface area (Å²) >= 11 is 3.50. The number of nitriles is 1. The number of hydrogen-bond donors (Lipinski definition) is 0. The molecule has 1 aliphatic carbocycles. The number of hydrogen-bond acceptors (Lipinski definition) is 1. The van der Waals surface area contributed by atoms with E-state index in [4.69, 9.17) is 0 Å². The lowest BCUT2D eigenvalue weighted by atomic mass is 9.79. The molecule has 0 amide bonds. The van der Waals surface area contributed by atoms with Crippen molar-refractivity contribution in [2.45, 2.75) is 44.4 Å². The topological polar surface area (TPSA) is 23.8 Å². The third-order valence-corrected chi connectivity index (χ3v) is 3.76. The van der Waals surface area contributed by atoms with Crippen LogP contribution < -0.4 is 0 Å². The van der Waals surface area contributed by atoms with Gasteiger partial charge in [0.2, 0.25) is 0 Å². The Morgan fingerprint density at radius 1 is 1.31 bits per heavy atom. The lowest BCUT2D eigenvalue weighted by molar-refractivity contribution is 0.577. The van der Waals surface area contributed by atoms with Crippen molar-refractivity contribution in [1.82, 2.24) is 0 Å². The van der Waals surface area contributed by atoms with E-state index in [9.17, 15) is 5.26 Å². The molecule has 0 atom stereocenters. The first-order chi connectivity index (χ1) is 7.39. The highest BCUT2D eigenvalue weighted by Gasteiger charge is 2.47. The van der Waals surface area contributed by atoms with Crippen LogP contribution in [0.4, 0.5) is 0 Å². The van der Waals surface area contributed by atoms with Gasteiger partial charge in [0, 0.05) is 4.47 Å². The Hall–Kier alpha value is -0.810. The van der Waals surface area contributed by atoms with Crippen molar-refractivity contribution in [3.8, 4) is 6.07 Å². The molecule has 16 heavy (non-hydrogen) atoms. The van der Waals surface area contributed by atoms with Gasteiger partial charge in [0.15, 0.2) is 0 Å². The van der Waals surface area contributed by atoms with Crippen molar-refractivity contribution >= 4 is 15.9 Å². The monoisotopic (exact) mass is 277 g/mol. The first-order valence-corrected chi connectivity index (χ1v) is 6.40. The van der Waals surface area contributed by atoms with Crippen LogP contribution in [0.25, 0.3) is 0 Å². The summed E-state index contributed by atoms with van der Waals surface area (Å²) in [4.78, 5) is 0. The minimum absolute atomic E-state index is 0.0997. The molecule has 0 N–H and O–H groups in total. The molecule has 2 heteroatoms. The van der Waals surface area contributed by atoms with Crippen LogP contribution in [0.5, 0.6) is 0 Å². The van der Waals surface area contributed by atoms with Gasteiger partial charge in [-0.25, -0.2) is 0 Å². The Balaban J connectivity index is 2.60. The van der Waals surface area contributed by atoms with E-state index in [-0.39, 0.29) is 10.8 Å². The van der Waals surface area contributed by atoms with E-state index in [2.05, 4.69) is 61.0 Å². The predicted octanol–water partition coefficient (Wildman–Crippen LogP) is 4.30. The molecule has 0 bridgehead atoms. The lowest BCUT2D eigenvalue weighted by Gasteiger charge is -2.25. The van der Waals surface area contributed by atoms with Crippen molar-refractivity contribution in [2.75, 3.05) is 0 Å². The molecule has 2 rings (SSSR count). The van der Waals surface area contributed by atoms with Crippen molar-refractivity contribution in [3.63, 3.8) is 0 Å². The molecule has 0 heterocycles. The highest BCUT2D eigenvalue weighted by atomic mass is 79.9. The van der Waals surface area contributed by atoms with Gasteiger partial charge in [-0.1, -0.05) is 42.8 Å². The Labute approximate surface area is 106 Å². The zero-order chi connectivity index (χ0) is 12.0. The van der Waals surface area contributed by atoms with Crippen LogP contribution in [-0.4, -0.2) is 0 Å². The van der Waals surface area contributed by atoms with Gasteiger partial charge >= 0.3 is 0 Å². The molecule has 1 aliphatic rings. The van der Waals surface area contributed by atoms with Crippen LogP contribution >= 0.6 is 15.9 Å². The van der Waals surface area contributed by atoms with Crippen LogP contribution in [0.3, 0.4) is 0 Å². The van der Waals surface area contributed by atoms with E-state index >= 15 is 0 Å². The predicted molar refractivity (Wildman–Crippen MR) is 69.4 cm³/mol. The second kappa shape index (κ2) is 3.60. The summed E-state index contributed by atoms with van der Waals surface area (Å²) < 4.78 is 1.07. The molecule has 0 spiro atoms. The molecule has 1 nitrogen and oxygen atoms in total. The van der Waals surface area contributed by atoms with Crippen molar-refractivity contribution in [3.05, 3.63) is 33.8 Å². The molecule has 0 aromatic heterocycles. The highest BCUT2D eigenvalue weighted by molar-refractivity contribution is 9.10. The summed E-state index contributed by atoms with van der Waals surface area (Å²) in [6.07, 6.45) is 2.01. The number of halogens is 1. The molecular weight excluding hydrogens is 262 g/mol. The zero-order valence-electron chi connectivity index (χ0n) is 9.97. The maximum atomic E-state index is 9.33. The normalized spacial score (nSPS) is 17.9. The molecule has 1 aromatic rings. The maximum absolute atomic E-state index is 9.33. The second-order valence-electron chi connectivity index (χ2n) is 5.63. The van der Waals surface area contributed by atoms with E-state index < -0.39 is 0 Å². The van der Waals surface area contributed by atoms with E-state index in [1.165, 1.54) is 11.1 Å². The van der Waals surface area contributed by atoms with Crippen molar-refractivity contribution < 1.29 is 0 Å². The molecule has 1 aromatic carbocycles. The van der Waals surface area contributed by atoms with E-state index in [0.29, 0.717) is 0 Å². The van der Waals surface area contributed by atoms with Crippen LogP contribution in [0.15, 0.2) is 22.7 Å². The van der Waals surface area contributed by atoms with Gasteiger partial charge in [-0.05, 0) is 41.5 Å². The van der Waals surface area contributed by atoms with Gasteiger partial charge in [-0.3, -0.25) is 0 Å². The molecule has 0 saturated heterocycles. The minimum atomic E-state index is -0.202. The van der Waals surface area contributed by atoms with E-state index in [0.717, 1.165) is 17.3 Å². The first kappa shape index (κ1) is 11.7. The summed E-state index contributed by atoms with van der Waals surface area (Å²) in [5.74, 6) is 0.